The smallest absolute Gasteiger partial charge is 0.120 e. The van der Waals surface area contributed by atoms with Crippen LogP contribution in [0.5, 0.6) is 0 Å². The van der Waals surface area contributed by atoms with Crippen LogP contribution in [-0.4, -0.2) is 4.98 Å². The number of hydrogen-bond donors (Lipinski definition) is 1. The van der Waals surface area contributed by atoms with E-state index in [2.05, 4.69) is 31.1 Å². The highest BCUT2D eigenvalue weighted by molar-refractivity contribution is 7.11. The Labute approximate surface area is 112 Å². The molecule has 1 N–H and O–H groups in total. The van der Waals surface area contributed by atoms with Crippen molar-refractivity contribution in [1.29, 1.82) is 0 Å². The Hall–Kier alpha value is -1.13. The third-order valence-corrected chi connectivity index (χ3v) is 4.30. The molecule has 2 atom stereocenters. The van der Waals surface area contributed by atoms with Crippen LogP contribution in [-0.2, 0) is 6.42 Å². The van der Waals surface area contributed by atoms with Crippen molar-refractivity contribution in [2.75, 3.05) is 0 Å². The Morgan fingerprint density at radius 3 is 2.67 bits per heavy atom. The number of nitrogens with one attached hydrogen (secondary N) is 1. The van der Waals surface area contributed by atoms with Crippen molar-refractivity contribution in [3.63, 3.8) is 0 Å². The van der Waals surface area contributed by atoms with Gasteiger partial charge in [0.25, 0.3) is 0 Å². The molecule has 2 aromatic rings. The van der Waals surface area contributed by atoms with Crippen LogP contribution in [0.2, 0.25) is 0 Å². The highest BCUT2D eigenvalue weighted by Gasteiger charge is 2.16. The molecule has 0 spiro atoms. The molecule has 2 aromatic heterocycles. The molecule has 0 aliphatic carbocycles. The second-order valence-corrected chi connectivity index (χ2v) is 5.72. The normalized spacial score (nSPS) is 14.7. The van der Waals surface area contributed by atoms with Gasteiger partial charge in [-0.15, -0.1) is 11.3 Å². The molecule has 0 bridgehead atoms. The molecule has 0 radical (unpaired) electrons. The van der Waals surface area contributed by atoms with E-state index in [0.29, 0.717) is 0 Å². The topological polar surface area (TPSA) is 38.1 Å². The van der Waals surface area contributed by atoms with Gasteiger partial charge in [0.1, 0.15) is 16.5 Å². The van der Waals surface area contributed by atoms with Crippen molar-refractivity contribution in [2.24, 2.45) is 0 Å². The Morgan fingerprint density at radius 2 is 2.11 bits per heavy atom. The van der Waals surface area contributed by atoms with E-state index < -0.39 is 0 Å². The Morgan fingerprint density at radius 1 is 1.33 bits per heavy atom. The van der Waals surface area contributed by atoms with Gasteiger partial charge in [-0.05, 0) is 39.3 Å². The van der Waals surface area contributed by atoms with E-state index in [1.54, 1.807) is 11.3 Å². The van der Waals surface area contributed by atoms with Gasteiger partial charge in [-0.1, -0.05) is 6.92 Å². The molecule has 0 fully saturated rings. The molecule has 0 saturated carbocycles. The second kappa shape index (κ2) is 5.67. The molecular weight excluding hydrogens is 244 g/mol. The lowest BCUT2D eigenvalue weighted by molar-refractivity contribution is 0.392. The van der Waals surface area contributed by atoms with Gasteiger partial charge >= 0.3 is 0 Å². The highest BCUT2D eigenvalue weighted by atomic mass is 32.1. The number of furan rings is 1. The molecular formula is C14H20N2OS. The fraction of sp³-hybridized carbons (Fsp3) is 0.500. The molecule has 18 heavy (non-hydrogen) atoms. The zero-order valence-corrected chi connectivity index (χ0v) is 12.2. The minimum atomic E-state index is 0.197. The third kappa shape index (κ3) is 3.00. The Bertz CT molecular complexity index is 503. The van der Waals surface area contributed by atoms with Crippen LogP contribution in [0.15, 0.2) is 22.7 Å². The van der Waals surface area contributed by atoms with Gasteiger partial charge in [0.05, 0.1) is 12.1 Å². The first kappa shape index (κ1) is 13.3. The van der Waals surface area contributed by atoms with Gasteiger partial charge in [-0.3, -0.25) is 5.32 Å². The maximum Gasteiger partial charge on any atom is 0.120 e. The lowest BCUT2D eigenvalue weighted by Crippen LogP contribution is -2.21. The fourth-order valence-electron chi connectivity index (χ4n) is 1.90. The molecule has 3 nitrogen and oxygen atoms in total. The molecule has 0 saturated heterocycles. The van der Waals surface area contributed by atoms with Crippen LogP contribution in [0.4, 0.5) is 0 Å². The average Bonchev–Trinajstić information content (AvgIpc) is 2.97. The maximum atomic E-state index is 5.63. The standard InChI is InChI=1S/C14H20N2OS/c1-5-12-8-15-14(18-12)11(4)16-10(3)13-7-6-9(2)17-13/h6-8,10-11,16H,5H2,1-4H3. The number of aryl methyl sites for hydroxylation is 2. The first-order valence-electron chi connectivity index (χ1n) is 6.37. The predicted octanol–water partition coefficient (Wildman–Crippen LogP) is 4.02. The largest absolute Gasteiger partial charge is 0.465 e. The summed E-state index contributed by atoms with van der Waals surface area (Å²) in [5.74, 6) is 1.93. The van der Waals surface area contributed by atoms with Crippen LogP contribution < -0.4 is 5.32 Å². The molecule has 0 aliphatic heterocycles. The van der Waals surface area contributed by atoms with Crippen LogP contribution in [0.3, 0.4) is 0 Å². The summed E-state index contributed by atoms with van der Waals surface area (Å²) in [6.07, 6.45) is 3.03. The Balaban J connectivity index is 2.00. The number of aromatic nitrogens is 1. The van der Waals surface area contributed by atoms with E-state index in [1.807, 2.05) is 25.3 Å². The number of thiazole rings is 1. The molecule has 0 amide bonds. The molecule has 2 unspecified atom stereocenters. The van der Waals surface area contributed by atoms with Crippen LogP contribution in [0.1, 0.15) is 54.3 Å². The van der Waals surface area contributed by atoms with Crippen molar-refractivity contribution >= 4 is 11.3 Å². The second-order valence-electron chi connectivity index (χ2n) is 4.58. The first-order valence-corrected chi connectivity index (χ1v) is 7.18. The number of nitrogens with zero attached hydrogens (tertiary/aromatic N) is 1. The summed E-state index contributed by atoms with van der Waals surface area (Å²) in [6.45, 7) is 8.38. The van der Waals surface area contributed by atoms with E-state index in [0.717, 1.165) is 22.9 Å². The summed E-state index contributed by atoms with van der Waals surface area (Å²) in [5.41, 5.74) is 0. The summed E-state index contributed by atoms with van der Waals surface area (Å²) < 4.78 is 5.63. The summed E-state index contributed by atoms with van der Waals surface area (Å²) in [6, 6.07) is 4.47. The lowest BCUT2D eigenvalue weighted by Gasteiger charge is -2.16. The van der Waals surface area contributed by atoms with E-state index in [-0.39, 0.29) is 12.1 Å². The van der Waals surface area contributed by atoms with Gasteiger partial charge in [0, 0.05) is 11.1 Å². The number of hydrogen-bond acceptors (Lipinski definition) is 4. The predicted molar refractivity (Wildman–Crippen MR) is 74.9 cm³/mol. The van der Waals surface area contributed by atoms with Crippen molar-refractivity contribution in [3.8, 4) is 0 Å². The minimum Gasteiger partial charge on any atom is -0.465 e. The molecule has 2 heterocycles. The fourth-order valence-corrected chi connectivity index (χ4v) is 2.77. The van der Waals surface area contributed by atoms with Gasteiger partial charge in [-0.2, -0.15) is 0 Å². The summed E-state index contributed by atoms with van der Waals surface area (Å²) >= 11 is 1.78. The molecule has 4 heteroatoms. The van der Waals surface area contributed by atoms with E-state index in [1.165, 1.54) is 4.88 Å². The van der Waals surface area contributed by atoms with Crippen LogP contribution in [0.25, 0.3) is 0 Å². The van der Waals surface area contributed by atoms with Gasteiger partial charge in [0.15, 0.2) is 0 Å². The molecule has 0 aliphatic rings. The average molecular weight is 264 g/mol. The zero-order valence-electron chi connectivity index (χ0n) is 11.4. The monoisotopic (exact) mass is 264 g/mol. The van der Waals surface area contributed by atoms with Crippen LogP contribution >= 0.6 is 11.3 Å². The molecule has 2 rings (SSSR count). The maximum absolute atomic E-state index is 5.63. The van der Waals surface area contributed by atoms with Crippen molar-refractivity contribution in [2.45, 2.75) is 46.2 Å². The third-order valence-electron chi connectivity index (χ3n) is 2.98. The molecule has 98 valence electrons. The first-order chi connectivity index (χ1) is 8.60. The van der Waals surface area contributed by atoms with Gasteiger partial charge in [-0.25, -0.2) is 4.98 Å². The molecule has 0 aromatic carbocycles. The van der Waals surface area contributed by atoms with Gasteiger partial charge in [0.2, 0.25) is 0 Å². The van der Waals surface area contributed by atoms with E-state index >= 15 is 0 Å². The van der Waals surface area contributed by atoms with E-state index in [9.17, 15) is 0 Å². The Kier molecular flexibility index (Phi) is 4.19. The zero-order chi connectivity index (χ0) is 13.1. The summed E-state index contributed by atoms with van der Waals surface area (Å²) in [4.78, 5) is 5.80. The van der Waals surface area contributed by atoms with Crippen molar-refractivity contribution in [1.82, 2.24) is 10.3 Å². The van der Waals surface area contributed by atoms with Crippen molar-refractivity contribution in [3.05, 3.63) is 39.7 Å². The lowest BCUT2D eigenvalue weighted by atomic mass is 10.2. The number of rotatable bonds is 5. The van der Waals surface area contributed by atoms with Crippen LogP contribution in [0, 0.1) is 6.92 Å². The SMILES string of the molecule is CCc1cnc(C(C)NC(C)c2ccc(C)o2)s1. The van der Waals surface area contributed by atoms with E-state index in [4.69, 9.17) is 4.42 Å². The highest BCUT2D eigenvalue weighted by Crippen LogP contribution is 2.24. The van der Waals surface area contributed by atoms with Gasteiger partial charge < -0.3 is 4.42 Å². The van der Waals surface area contributed by atoms with Crippen molar-refractivity contribution < 1.29 is 4.42 Å². The summed E-state index contributed by atoms with van der Waals surface area (Å²) in [7, 11) is 0. The summed E-state index contributed by atoms with van der Waals surface area (Å²) in [5, 5.41) is 4.66. The quantitative estimate of drug-likeness (QED) is 0.886. The minimum absolute atomic E-state index is 0.197.